The van der Waals surface area contributed by atoms with Gasteiger partial charge < -0.3 is 0 Å². The summed E-state index contributed by atoms with van der Waals surface area (Å²) in [5.74, 6) is 0.282. The van der Waals surface area contributed by atoms with E-state index in [1.807, 2.05) is 6.07 Å². The van der Waals surface area contributed by atoms with E-state index in [0.29, 0.717) is 10.9 Å². The Morgan fingerprint density at radius 1 is 1.33 bits per heavy atom. The van der Waals surface area contributed by atoms with Gasteiger partial charge in [-0.25, -0.2) is 13.1 Å². The van der Waals surface area contributed by atoms with Gasteiger partial charge in [-0.15, -0.1) is 11.6 Å². The molecule has 0 fully saturated rings. The summed E-state index contributed by atoms with van der Waals surface area (Å²) >= 11 is 11.5. The van der Waals surface area contributed by atoms with Crippen LogP contribution in [0.3, 0.4) is 0 Å². The number of nitrogens with one attached hydrogen (secondary N) is 1. The highest BCUT2D eigenvalue weighted by Gasteiger charge is 2.18. The monoisotopic (exact) mass is 309 g/mol. The second-order valence-electron chi connectivity index (χ2n) is 4.44. The van der Waals surface area contributed by atoms with Gasteiger partial charge in [0, 0.05) is 16.9 Å². The summed E-state index contributed by atoms with van der Waals surface area (Å²) in [6.07, 6.45) is 0. The van der Waals surface area contributed by atoms with E-state index in [4.69, 9.17) is 23.2 Å². The number of rotatable bonds is 6. The van der Waals surface area contributed by atoms with E-state index >= 15 is 0 Å². The number of alkyl halides is 1. The lowest BCUT2D eigenvalue weighted by Crippen LogP contribution is -2.31. The summed E-state index contributed by atoms with van der Waals surface area (Å²) in [7, 11) is -3.33. The highest BCUT2D eigenvalue weighted by atomic mass is 35.5. The molecule has 0 saturated carbocycles. The molecule has 0 aromatic heterocycles. The van der Waals surface area contributed by atoms with Crippen molar-refractivity contribution in [3.63, 3.8) is 0 Å². The molecule has 0 radical (unpaired) electrons. The predicted octanol–water partition coefficient (Wildman–Crippen LogP) is 3.20. The van der Waals surface area contributed by atoms with Crippen LogP contribution in [-0.4, -0.2) is 20.1 Å². The van der Waals surface area contributed by atoms with Crippen molar-refractivity contribution in [1.82, 2.24) is 4.72 Å². The van der Waals surface area contributed by atoms with Gasteiger partial charge in [0.25, 0.3) is 0 Å². The Labute approximate surface area is 119 Å². The first-order chi connectivity index (χ1) is 8.34. The van der Waals surface area contributed by atoms with Crippen molar-refractivity contribution in [2.24, 2.45) is 5.92 Å². The lowest BCUT2D eigenvalue weighted by atomic mass is 10.1. The van der Waals surface area contributed by atoms with Crippen molar-refractivity contribution in [3.05, 3.63) is 34.9 Å². The minimum absolute atomic E-state index is 0.0292. The van der Waals surface area contributed by atoms with Crippen LogP contribution in [0.5, 0.6) is 0 Å². The van der Waals surface area contributed by atoms with Crippen molar-refractivity contribution in [1.29, 1.82) is 0 Å². The summed E-state index contributed by atoms with van der Waals surface area (Å²) in [5.41, 5.74) is 0.838. The van der Waals surface area contributed by atoms with Gasteiger partial charge in [0.05, 0.1) is 5.75 Å². The van der Waals surface area contributed by atoms with E-state index in [1.165, 1.54) is 0 Å². The summed E-state index contributed by atoms with van der Waals surface area (Å²) in [5, 5.41) is 0.590. The molecule has 0 saturated heterocycles. The third kappa shape index (κ3) is 5.14. The van der Waals surface area contributed by atoms with Crippen molar-refractivity contribution in [2.45, 2.75) is 19.9 Å². The Morgan fingerprint density at radius 3 is 2.56 bits per heavy atom. The molecule has 0 spiro atoms. The second kappa shape index (κ2) is 6.75. The third-order valence-corrected chi connectivity index (χ3v) is 4.95. The maximum atomic E-state index is 11.9. The molecule has 1 rings (SSSR count). The lowest BCUT2D eigenvalue weighted by Gasteiger charge is -2.16. The average Bonchev–Trinajstić information content (AvgIpc) is 2.27. The van der Waals surface area contributed by atoms with Crippen LogP contribution in [-0.2, 0) is 10.0 Å². The molecule has 0 aliphatic rings. The molecule has 6 heteroatoms. The van der Waals surface area contributed by atoms with Crippen molar-refractivity contribution in [2.75, 3.05) is 11.6 Å². The van der Waals surface area contributed by atoms with E-state index < -0.39 is 10.0 Å². The summed E-state index contributed by atoms with van der Waals surface area (Å²) in [4.78, 5) is 0. The fraction of sp³-hybridized carbons (Fsp3) is 0.500. The molecule has 0 aliphatic carbocycles. The first-order valence-corrected chi connectivity index (χ1v) is 8.22. The Morgan fingerprint density at radius 2 is 2.00 bits per heavy atom. The van der Waals surface area contributed by atoms with Gasteiger partial charge >= 0.3 is 0 Å². The van der Waals surface area contributed by atoms with Crippen molar-refractivity contribution >= 4 is 33.2 Å². The first kappa shape index (κ1) is 15.8. The normalized spacial score (nSPS) is 15.3. The maximum absolute atomic E-state index is 11.9. The van der Waals surface area contributed by atoms with Crippen LogP contribution in [0.1, 0.15) is 25.5 Å². The first-order valence-electron chi connectivity index (χ1n) is 5.65. The Balaban J connectivity index is 2.72. The largest absolute Gasteiger partial charge is 0.212 e. The SMILES string of the molecule is CC(CCl)CS(=O)(=O)NC(C)c1cccc(Cl)c1. The van der Waals surface area contributed by atoms with Gasteiger partial charge in [-0.1, -0.05) is 30.7 Å². The topological polar surface area (TPSA) is 46.2 Å². The number of halogens is 2. The highest BCUT2D eigenvalue weighted by molar-refractivity contribution is 7.89. The molecule has 3 nitrogen and oxygen atoms in total. The number of sulfonamides is 1. The minimum atomic E-state index is -3.33. The van der Waals surface area contributed by atoms with Crippen LogP contribution in [0.2, 0.25) is 5.02 Å². The summed E-state index contributed by atoms with van der Waals surface area (Å²) < 4.78 is 26.4. The van der Waals surface area contributed by atoms with E-state index in [0.717, 1.165) is 5.56 Å². The zero-order valence-corrected chi connectivity index (χ0v) is 12.7. The minimum Gasteiger partial charge on any atom is -0.212 e. The second-order valence-corrected chi connectivity index (χ2v) is 6.98. The molecule has 1 aromatic carbocycles. The molecule has 2 unspecified atom stereocenters. The number of hydrogen-bond acceptors (Lipinski definition) is 2. The quantitative estimate of drug-likeness (QED) is 0.820. The van der Waals surface area contributed by atoms with E-state index in [1.54, 1.807) is 32.0 Å². The van der Waals surface area contributed by atoms with Crippen molar-refractivity contribution < 1.29 is 8.42 Å². The van der Waals surface area contributed by atoms with Crippen LogP contribution >= 0.6 is 23.2 Å². The summed E-state index contributed by atoms with van der Waals surface area (Å²) in [6.45, 7) is 3.59. The van der Waals surface area contributed by atoms with E-state index in [-0.39, 0.29) is 17.7 Å². The molecule has 0 bridgehead atoms. The molecule has 1 aromatic rings. The van der Waals surface area contributed by atoms with Gasteiger partial charge in [-0.2, -0.15) is 0 Å². The van der Waals surface area contributed by atoms with Gasteiger partial charge in [-0.3, -0.25) is 0 Å². The molecule has 1 N–H and O–H groups in total. The Kier molecular flexibility index (Phi) is 5.92. The van der Waals surface area contributed by atoms with Crippen molar-refractivity contribution in [3.8, 4) is 0 Å². The van der Waals surface area contributed by atoms with Crippen LogP contribution in [0, 0.1) is 5.92 Å². The maximum Gasteiger partial charge on any atom is 0.212 e. The zero-order valence-electron chi connectivity index (χ0n) is 10.4. The lowest BCUT2D eigenvalue weighted by molar-refractivity contribution is 0.555. The predicted molar refractivity (Wildman–Crippen MR) is 76.7 cm³/mol. The van der Waals surface area contributed by atoms with Crippen LogP contribution in [0.15, 0.2) is 24.3 Å². The molecule has 0 heterocycles. The van der Waals surface area contributed by atoms with E-state index in [2.05, 4.69) is 4.72 Å². The highest BCUT2D eigenvalue weighted by Crippen LogP contribution is 2.18. The van der Waals surface area contributed by atoms with E-state index in [9.17, 15) is 8.42 Å². The van der Waals surface area contributed by atoms with Crippen LogP contribution in [0.25, 0.3) is 0 Å². The summed E-state index contributed by atoms with van der Waals surface area (Å²) in [6, 6.07) is 6.83. The van der Waals surface area contributed by atoms with Gasteiger partial charge in [0.1, 0.15) is 0 Å². The zero-order chi connectivity index (χ0) is 13.8. The van der Waals surface area contributed by atoms with Crippen LogP contribution < -0.4 is 4.72 Å². The number of benzene rings is 1. The molecular weight excluding hydrogens is 293 g/mol. The molecular formula is C12H17Cl2NO2S. The third-order valence-electron chi connectivity index (χ3n) is 2.47. The van der Waals surface area contributed by atoms with Gasteiger partial charge in [-0.05, 0) is 30.5 Å². The molecule has 102 valence electrons. The standard InChI is InChI=1S/C12H17Cl2NO2S/c1-9(7-13)8-18(16,17)15-10(2)11-4-3-5-12(14)6-11/h3-6,9-10,15H,7-8H2,1-2H3. The molecule has 0 amide bonds. The van der Waals surface area contributed by atoms with Gasteiger partial charge in [0.2, 0.25) is 10.0 Å². The Bertz CT molecular complexity index is 491. The fourth-order valence-corrected chi connectivity index (χ4v) is 3.66. The van der Waals surface area contributed by atoms with Gasteiger partial charge in [0.15, 0.2) is 0 Å². The smallest absolute Gasteiger partial charge is 0.212 e. The average molecular weight is 310 g/mol. The Hall–Kier alpha value is -0.290. The molecule has 2 atom stereocenters. The van der Waals surface area contributed by atoms with Crippen LogP contribution in [0.4, 0.5) is 0 Å². The fourth-order valence-electron chi connectivity index (χ4n) is 1.58. The molecule has 18 heavy (non-hydrogen) atoms. The number of hydrogen-bond donors (Lipinski definition) is 1. The molecule has 0 aliphatic heterocycles.